The van der Waals surface area contributed by atoms with Crippen molar-refractivity contribution in [3.05, 3.63) is 58.3 Å². The molecule has 0 aliphatic rings. The molecule has 2 unspecified atom stereocenters. The summed E-state index contributed by atoms with van der Waals surface area (Å²) in [5, 5.41) is 19.1. The largest absolute Gasteiger partial charge is 0.444 e. The number of nitrogens with one attached hydrogen (secondary N) is 2. The Morgan fingerprint density at radius 1 is 1.15 bits per heavy atom. The van der Waals surface area contributed by atoms with Gasteiger partial charge in [0.15, 0.2) is 0 Å². The van der Waals surface area contributed by atoms with Crippen LogP contribution in [0.25, 0.3) is 0 Å². The van der Waals surface area contributed by atoms with Crippen LogP contribution in [-0.4, -0.2) is 35.0 Å². The molecule has 0 fully saturated rings. The molecule has 6 nitrogen and oxygen atoms in total. The highest BCUT2D eigenvalue weighted by atomic mass is 32.1. The Hall–Kier alpha value is -2.38. The molecule has 2 amide bonds. The molecule has 0 aliphatic carbocycles. The number of aliphatic hydroxyl groups is 1. The van der Waals surface area contributed by atoms with Crippen LogP contribution < -0.4 is 10.6 Å². The van der Waals surface area contributed by atoms with Crippen molar-refractivity contribution in [3.63, 3.8) is 0 Å². The Balaban J connectivity index is 2.08. The Bertz CT molecular complexity index is 711. The van der Waals surface area contributed by atoms with E-state index in [2.05, 4.69) is 10.6 Å². The van der Waals surface area contributed by atoms with E-state index in [1.54, 1.807) is 37.6 Å². The molecule has 7 heteroatoms. The molecule has 26 heavy (non-hydrogen) atoms. The fourth-order valence-electron chi connectivity index (χ4n) is 2.28. The van der Waals surface area contributed by atoms with Crippen molar-refractivity contribution < 1.29 is 19.4 Å². The van der Waals surface area contributed by atoms with Gasteiger partial charge in [-0.3, -0.25) is 4.79 Å². The van der Waals surface area contributed by atoms with Gasteiger partial charge in [-0.05, 0) is 44.2 Å². The molecule has 1 aromatic heterocycles. The van der Waals surface area contributed by atoms with E-state index in [1.165, 1.54) is 11.3 Å². The highest BCUT2D eigenvalue weighted by molar-refractivity contribution is 7.08. The Kier molecular flexibility index (Phi) is 6.76. The lowest BCUT2D eigenvalue weighted by atomic mass is 10.0. The number of rotatable bonds is 6. The number of carbonyl (C=O) groups is 2. The zero-order valence-electron chi connectivity index (χ0n) is 15.1. The Morgan fingerprint density at radius 2 is 1.85 bits per heavy atom. The summed E-state index contributed by atoms with van der Waals surface area (Å²) < 4.78 is 5.26. The third-order valence-corrected chi connectivity index (χ3v) is 4.13. The number of aliphatic hydroxyl groups excluding tert-OH is 1. The molecular weight excluding hydrogens is 352 g/mol. The van der Waals surface area contributed by atoms with Gasteiger partial charge in [0.25, 0.3) is 5.91 Å². The van der Waals surface area contributed by atoms with Gasteiger partial charge in [0.2, 0.25) is 0 Å². The van der Waals surface area contributed by atoms with Crippen LogP contribution in [0, 0.1) is 0 Å². The number of hydrogen-bond acceptors (Lipinski definition) is 5. The molecule has 0 radical (unpaired) electrons. The number of thiophene rings is 1. The van der Waals surface area contributed by atoms with E-state index >= 15 is 0 Å². The molecular formula is C19H24N2O4S. The maximum Gasteiger partial charge on any atom is 0.408 e. The lowest BCUT2D eigenvalue weighted by Crippen LogP contribution is -2.53. The van der Waals surface area contributed by atoms with Gasteiger partial charge in [-0.1, -0.05) is 30.3 Å². The van der Waals surface area contributed by atoms with E-state index in [1.807, 2.05) is 30.3 Å². The zero-order valence-corrected chi connectivity index (χ0v) is 15.9. The van der Waals surface area contributed by atoms with E-state index in [9.17, 15) is 14.7 Å². The number of carbonyl (C=O) groups excluding carboxylic acids is 2. The Morgan fingerprint density at radius 3 is 2.42 bits per heavy atom. The summed E-state index contributed by atoms with van der Waals surface area (Å²) in [4.78, 5) is 24.3. The summed E-state index contributed by atoms with van der Waals surface area (Å²) >= 11 is 1.39. The second-order valence-electron chi connectivity index (χ2n) is 6.87. The SMILES string of the molecule is CC(C)(C)OC(=O)NC(Cc1ccccc1)C(O)NC(=O)c1ccsc1. The van der Waals surface area contributed by atoms with Crippen LogP contribution in [0.5, 0.6) is 0 Å². The topological polar surface area (TPSA) is 87.7 Å². The fraction of sp³-hybridized carbons (Fsp3) is 0.368. The molecule has 0 bridgehead atoms. The first-order valence-electron chi connectivity index (χ1n) is 8.29. The quantitative estimate of drug-likeness (QED) is 0.677. The first-order valence-corrected chi connectivity index (χ1v) is 9.23. The van der Waals surface area contributed by atoms with Crippen molar-refractivity contribution in [2.24, 2.45) is 0 Å². The van der Waals surface area contributed by atoms with E-state index in [0.29, 0.717) is 12.0 Å². The van der Waals surface area contributed by atoms with Crippen molar-refractivity contribution in [1.82, 2.24) is 10.6 Å². The molecule has 2 rings (SSSR count). The number of hydrogen-bond donors (Lipinski definition) is 3. The average molecular weight is 376 g/mol. The molecule has 0 saturated carbocycles. The molecule has 1 aromatic carbocycles. The highest BCUT2D eigenvalue weighted by Gasteiger charge is 2.26. The zero-order chi connectivity index (χ0) is 19.2. The summed E-state index contributed by atoms with van der Waals surface area (Å²) in [5.41, 5.74) is 0.717. The van der Waals surface area contributed by atoms with Crippen molar-refractivity contribution in [2.45, 2.75) is 45.1 Å². The van der Waals surface area contributed by atoms with Crippen molar-refractivity contribution in [3.8, 4) is 0 Å². The minimum Gasteiger partial charge on any atom is -0.444 e. The third-order valence-electron chi connectivity index (χ3n) is 3.44. The van der Waals surface area contributed by atoms with Gasteiger partial charge in [0.05, 0.1) is 11.6 Å². The van der Waals surface area contributed by atoms with Crippen LogP contribution in [0.15, 0.2) is 47.2 Å². The molecule has 0 spiro atoms. The summed E-state index contributed by atoms with van der Waals surface area (Å²) in [6.45, 7) is 5.27. The van der Waals surface area contributed by atoms with Gasteiger partial charge >= 0.3 is 6.09 Å². The summed E-state index contributed by atoms with van der Waals surface area (Å²) in [5.74, 6) is -0.400. The lowest BCUT2D eigenvalue weighted by Gasteiger charge is -2.27. The number of alkyl carbamates (subject to hydrolysis) is 1. The van der Waals surface area contributed by atoms with Gasteiger partial charge in [-0.15, -0.1) is 0 Å². The van der Waals surface area contributed by atoms with Gasteiger partial charge in [0.1, 0.15) is 11.8 Å². The van der Waals surface area contributed by atoms with Crippen LogP contribution in [-0.2, 0) is 11.2 Å². The number of amides is 2. The van der Waals surface area contributed by atoms with Crippen LogP contribution in [0.4, 0.5) is 4.79 Å². The number of benzene rings is 1. The van der Waals surface area contributed by atoms with Crippen LogP contribution in [0.1, 0.15) is 36.7 Å². The molecule has 1 heterocycles. The minimum atomic E-state index is -1.27. The van der Waals surface area contributed by atoms with Crippen LogP contribution >= 0.6 is 11.3 Å². The second-order valence-corrected chi connectivity index (χ2v) is 7.65. The smallest absolute Gasteiger partial charge is 0.408 e. The first-order chi connectivity index (χ1) is 12.2. The van der Waals surface area contributed by atoms with Gasteiger partial charge in [-0.2, -0.15) is 11.3 Å². The van der Waals surface area contributed by atoms with Crippen LogP contribution in [0.3, 0.4) is 0 Å². The van der Waals surface area contributed by atoms with Gasteiger partial charge < -0.3 is 20.5 Å². The maximum absolute atomic E-state index is 12.2. The molecule has 2 atom stereocenters. The van der Waals surface area contributed by atoms with Crippen molar-refractivity contribution in [2.75, 3.05) is 0 Å². The van der Waals surface area contributed by atoms with Gasteiger partial charge in [0, 0.05) is 5.38 Å². The Labute approximate surface area is 157 Å². The highest BCUT2D eigenvalue weighted by Crippen LogP contribution is 2.11. The third kappa shape index (κ3) is 6.50. The molecule has 0 saturated heterocycles. The van der Waals surface area contributed by atoms with E-state index in [4.69, 9.17) is 4.74 Å². The summed E-state index contributed by atoms with van der Waals surface area (Å²) in [6.07, 6.45) is -1.58. The van der Waals surface area contributed by atoms with E-state index < -0.39 is 29.9 Å². The summed E-state index contributed by atoms with van der Waals surface area (Å²) in [6, 6.07) is 10.3. The monoisotopic (exact) mass is 376 g/mol. The molecule has 2 aromatic rings. The normalized spacial score (nSPS) is 13.5. The molecule has 140 valence electrons. The minimum absolute atomic E-state index is 0.338. The molecule has 0 aliphatic heterocycles. The van der Waals surface area contributed by atoms with Crippen molar-refractivity contribution >= 4 is 23.3 Å². The first kappa shape index (κ1) is 19.9. The summed E-state index contributed by atoms with van der Waals surface area (Å²) in [7, 11) is 0. The van der Waals surface area contributed by atoms with Crippen molar-refractivity contribution in [1.29, 1.82) is 0 Å². The van der Waals surface area contributed by atoms with Gasteiger partial charge in [-0.25, -0.2) is 4.79 Å². The van der Waals surface area contributed by atoms with E-state index in [-0.39, 0.29) is 0 Å². The van der Waals surface area contributed by atoms with Crippen LogP contribution in [0.2, 0.25) is 0 Å². The lowest BCUT2D eigenvalue weighted by molar-refractivity contribution is 0.0362. The molecule has 3 N–H and O–H groups in total. The fourth-order valence-corrected chi connectivity index (χ4v) is 2.92. The standard InChI is InChI=1S/C19H24N2O4S/c1-19(2,3)25-18(24)20-15(11-13-7-5-4-6-8-13)17(23)21-16(22)14-9-10-26-12-14/h4-10,12,15,17,23H,11H2,1-3H3,(H,20,24)(H,21,22). The number of ether oxygens (including phenoxy) is 1. The van der Waals surface area contributed by atoms with E-state index in [0.717, 1.165) is 5.56 Å². The predicted molar refractivity (Wildman–Crippen MR) is 101 cm³/mol. The maximum atomic E-state index is 12.2. The average Bonchev–Trinajstić information content (AvgIpc) is 3.08. The predicted octanol–water partition coefficient (Wildman–Crippen LogP) is 2.93. The second kappa shape index (κ2) is 8.82.